The van der Waals surface area contributed by atoms with Crippen molar-refractivity contribution in [2.24, 2.45) is 11.8 Å². The molecule has 0 bridgehead atoms. The lowest BCUT2D eigenvalue weighted by molar-refractivity contribution is 0.126. The molecule has 2 nitrogen and oxygen atoms in total. The highest BCUT2D eigenvalue weighted by Gasteiger charge is 2.31. The summed E-state index contributed by atoms with van der Waals surface area (Å²) in [6.07, 6.45) is 7.73. The molecule has 2 N–H and O–H groups in total. The first kappa shape index (κ1) is 15.1. The van der Waals surface area contributed by atoms with Crippen molar-refractivity contribution in [1.82, 2.24) is 5.32 Å². The van der Waals surface area contributed by atoms with Crippen LogP contribution in [0.5, 0.6) is 0 Å². The monoisotopic (exact) mass is 287 g/mol. The van der Waals surface area contributed by atoms with Gasteiger partial charge in [-0.15, -0.1) is 0 Å². The van der Waals surface area contributed by atoms with Crippen LogP contribution in [0.1, 0.15) is 55.6 Å². The molecule has 2 fully saturated rings. The number of aryl methyl sites for hydroxylation is 1. The fourth-order valence-electron chi connectivity index (χ4n) is 4.09. The van der Waals surface area contributed by atoms with Crippen molar-refractivity contribution in [2.75, 3.05) is 13.2 Å². The van der Waals surface area contributed by atoms with E-state index in [1.807, 2.05) is 0 Å². The smallest absolute Gasteiger partial charge is 0.0462 e. The predicted molar refractivity (Wildman–Crippen MR) is 87.5 cm³/mol. The molecule has 0 heterocycles. The van der Waals surface area contributed by atoms with Gasteiger partial charge in [-0.3, -0.25) is 0 Å². The third-order valence-electron chi connectivity index (χ3n) is 5.62. The number of aliphatic hydroxyl groups excluding tert-OH is 1. The van der Waals surface area contributed by atoms with Gasteiger partial charge < -0.3 is 10.4 Å². The minimum absolute atomic E-state index is 0.378. The van der Waals surface area contributed by atoms with E-state index in [9.17, 15) is 5.11 Å². The average Bonchev–Trinajstić information content (AvgIpc) is 2.46. The van der Waals surface area contributed by atoms with Crippen LogP contribution in [0, 0.1) is 18.8 Å². The quantitative estimate of drug-likeness (QED) is 0.867. The summed E-state index contributed by atoms with van der Waals surface area (Å²) in [5.41, 5.74) is 2.89. The van der Waals surface area contributed by atoms with Gasteiger partial charge >= 0.3 is 0 Å². The van der Waals surface area contributed by atoms with Crippen LogP contribution in [-0.2, 0) is 0 Å². The summed E-state index contributed by atoms with van der Waals surface area (Å²) in [4.78, 5) is 0. The minimum Gasteiger partial charge on any atom is -0.396 e. The minimum atomic E-state index is 0.378. The molecule has 2 aliphatic carbocycles. The number of aliphatic hydroxyl groups is 1. The molecule has 0 aliphatic heterocycles. The Kier molecular flexibility index (Phi) is 4.97. The van der Waals surface area contributed by atoms with E-state index in [-0.39, 0.29) is 0 Å². The largest absolute Gasteiger partial charge is 0.396 e. The highest BCUT2D eigenvalue weighted by molar-refractivity contribution is 5.27. The van der Waals surface area contributed by atoms with Gasteiger partial charge in [0.25, 0.3) is 0 Å². The van der Waals surface area contributed by atoms with Gasteiger partial charge in [0, 0.05) is 12.6 Å². The van der Waals surface area contributed by atoms with Crippen LogP contribution < -0.4 is 5.32 Å². The Hall–Kier alpha value is -0.860. The van der Waals surface area contributed by atoms with Crippen molar-refractivity contribution >= 4 is 0 Å². The second-order valence-electron chi connectivity index (χ2n) is 7.17. The molecule has 1 aromatic carbocycles. The average molecular weight is 287 g/mol. The van der Waals surface area contributed by atoms with Crippen LogP contribution in [-0.4, -0.2) is 24.3 Å². The first-order chi connectivity index (χ1) is 10.3. The highest BCUT2D eigenvalue weighted by atomic mass is 16.3. The van der Waals surface area contributed by atoms with Crippen molar-refractivity contribution in [1.29, 1.82) is 0 Å². The van der Waals surface area contributed by atoms with E-state index in [0.29, 0.717) is 24.5 Å². The maximum absolute atomic E-state index is 9.49. The van der Waals surface area contributed by atoms with Gasteiger partial charge in [0.15, 0.2) is 0 Å². The van der Waals surface area contributed by atoms with Crippen molar-refractivity contribution < 1.29 is 5.11 Å². The first-order valence-corrected chi connectivity index (χ1v) is 8.67. The molecule has 0 aromatic heterocycles. The van der Waals surface area contributed by atoms with Crippen LogP contribution in [0.25, 0.3) is 0 Å². The van der Waals surface area contributed by atoms with Gasteiger partial charge in [0.2, 0.25) is 0 Å². The Morgan fingerprint density at radius 2 is 1.90 bits per heavy atom. The Labute approximate surface area is 129 Å². The summed E-state index contributed by atoms with van der Waals surface area (Å²) in [7, 11) is 0. The van der Waals surface area contributed by atoms with Gasteiger partial charge in [0.1, 0.15) is 0 Å². The zero-order chi connectivity index (χ0) is 14.7. The maximum Gasteiger partial charge on any atom is 0.0462 e. The SMILES string of the molecule is Cc1cccc(C2CC(NCC3CCCCC3CO)C2)c1. The second-order valence-corrected chi connectivity index (χ2v) is 7.17. The highest BCUT2D eigenvalue weighted by Crippen LogP contribution is 2.37. The van der Waals surface area contributed by atoms with E-state index in [2.05, 4.69) is 36.5 Å². The second kappa shape index (κ2) is 6.93. The maximum atomic E-state index is 9.49. The summed E-state index contributed by atoms with van der Waals surface area (Å²) in [6, 6.07) is 9.66. The van der Waals surface area contributed by atoms with Crippen LogP contribution in [0.4, 0.5) is 0 Å². The molecule has 0 amide bonds. The number of rotatable bonds is 5. The lowest BCUT2D eigenvalue weighted by Crippen LogP contribution is -2.44. The third-order valence-corrected chi connectivity index (χ3v) is 5.62. The van der Waals surface area contributed by atoms with Gasteiger partial charge in [-0.2, -0.15) is 0 Å². The van der Waals surface area contributed by atoms with Crippen molar-refractivity contribution in [2.45, 2.75) is 57.4 Å². The fourth-order valence-corrected chi connectivity index (χ4v) is 4.09. The van der Waals surface area contributed by atoms with Crippen molar-refractivity contribution in [3.63, 3.8) is 0 Å². The van der Waals surface area contributed by atoms with Gasteiger partial charge in [-0.25, -0.2) is 0 Å². The van der Waals surface area contributed by atoms with E-state index in [0.717, 1.165) is 12.5 Å². The molecule has 0 spiro atoms. The van der Waals surface area contributed by atoms with Crippen LogP contribution >= 0.6 is 0 Å². The van der Waals surface area contributed by atoms with Gasteiger partial charge in [0.05, 0.1) is 0 Å². The standard InChI is InChI=1S/C19H29NO/c1-14-5-4-8-15(9-14)18-10-19(11-18)20-12-16-6-2-3-7-17(16)13-21/h4-5,8-9,16-21H,2-3,6-7,10-13H2,1H3. The van der Waals surface area contributed by atoms with Crippen molar-refractivity contribution in [3.8, 4) is 0 Å². The van der Waals surface area contributed by atoms with E-state index in [1.165, 1.54) is 49.7 Å². The molecule has 2 heteroatoms. The summed E-state index contributed by atoms with van der Waals surface area (Å²) >= 11 is 0. The number of hydrogen-bond donors (Lipinski definition) is 2. The third kappa shape index (κ3) is 3.67. The van der Waals surface area contributed by atoms with Crippen LogP contribution in [0.2, 0.25) is 0 Å². The van der Waals surface area contributed by atoms with Crippen LogP contribution in [0.3, 0.4) is 0 Å². The number of hydrogen-bond acceptors (Lipinski definition) is 2. The molecule has 1 aromatic rings. The van der Waals surface area contributed by atoms with E-state index in [1.54, 1.807) is 0 Å². The van der Waals surface area contributed by atoms with E-state index < -0.39 is 0 Å². The predicted octanol–water partition coefficient (Wildman–Crippen LogP) is 3.63. The lowest BCUT2D eigenvalue weighted by atomic mass is 9.74. The normalized spacial score (nSPS) is 32.7. The molecular formula is C19H29NO. The van der Waals surface area contributed by atoms with E-state index >= 15 is 0 Å². The first-order valence-electron chi connectivity index (χ1n) is 8.67. The topological polar surface area (TPSA) is 32.3 Å². The molecule has 2 atom stereocenters. The lowest BCUT2D eigenvalue weighted by Gasteiger charge is -2.39. The summed E-state index contributed by atoms with van der Waals surface area (Å²) in [6.45, 7) is 3.66. The van der Waals surface area contributed by atoms with Crippen LogP contribution in [0.15, 0.2) is 24.3 Å². The van der Waals surface area contributed by atoms with E-state index in [4.69, 9.17) is 0 Å². The summed E-state index contributed by atoms with van der Waals surface area (Å²) in [5, 5.41) is 13.2. The Morgan fingerprint density at radius 1 is 1.14 bits per heavy atom. The molecule has 3 rings (SSSR count). The van der Waals surface area contributed by atoms with Gasteiger partial charge in [-0.1, -0.05) is 42.7 Å². The Balaban J connectivity index is 1.42. The summed E-state index contributed by atoms with van der Waals surface area (Å²) in [5.74, 6) is 1.99. The molecule has 2 saturated carbocycles. The van der Waals surface area contributed by atoms with Crippen molar-refractivity contribution in [3.05, 3.63) is 35.4 Å². The molecule has 2 aliphatic rings. The Morgan fingerprint density at radius 3 is 2.62 bits per heavy atom. The fraction of sp³-hybridized carbons (Fsp3) is 0.684. The Bertz CT molecular complexity index is 453. The molecule has 0 saturated heterocycles. The number of benzene rings is 1. The molecular weight excluding hydrogens is 258 g/mol. The molecule has 0 radical (unpaired) electrons. The van der Waals surface area contributed by atoms with Gasteiger partial charge in [-0.05, 0) is 62.5 Å². The zero-order valence-corrected chi connectivity index (χ0v) is 13.2. The zero-order valence-electron chi connectivity index (χ0n) is 13.2. The molecule has 116 valence electrons. The molecule has 2 unspecified atom stereocenters. The summed E-state index contributed by atoms with van der Waals surface area (Å²) < 4.78 is 0. The number of nitrogens with one attached hydrogen (secondary N) is 1. The molecule has 21 heavy (non-hydrogen) atoms.